The van der Waals surface area contributed by atoms with Gasteiger partial charge in [0.05, 0.1) is 18.8 Å². The molecule has 40 heavy (non-hydrogen) atoms. The van der Waals surface area contributed by atoms with Gasteiger partial charge in [-0.2, -0.15) is 0 Å². The molecule has 4 aliphatic rings. The second-order valence-electron chi connectivity index (χ2n) is 12.8. The molecule has 1 aliphatic heterocycles. The predicted molar refractivity (Wildman–Crippen MR) is 160 cm³/mol. The van der Waals surface area contributed by atoms with Crippen molar-refractivity contribution in [3.05, 3.63) is 76.4 Å². The quantitative estimate of drug-likeness (QED) is 0.334. The fourth-order valence-corrected chi connectivity index (χ4v) is 7.58. The third-order valence-corrected chi connectivity index (χ3v) is 10.2. The van der Waals surface area contributed by atoms with Gasteiger partial charge in [0.2, 0.25) is 0 Å². The summed E-state index contributed by atoms with van der Waals surface area (Å²) in [6.45, 7) is 7.25. The Bertz CT molecular complexity index is 1210. The van der Waals surface area contributed by atoms with Gasteiger partial charge in [0.25, 0.3) is 0 Å². The van der Waals surface area contributed by atoms with E-state index in [4.69, 9.17) is 4.74 Å². The number of hydrogen-bond donors (Lipinski definition) is 2. The van der Waals surface area contributed by atoms with Crippen molar-refractivity contribution in [3.63, 3.8) is 0 Å². The smallest absolute Gasteiger partial charge is 0.193 e. The predicted octanol–water partition coefficient (Wildman–Crippen LogP) is 6.45. The third kappa shape index (κ3) is 5.93. The number of rotatable bonds is 5. The number of fused-ring (bicyclic) bond motifs is 8. The van der Waals surface area contributed by atoms with Crippen molar-refractivity contribution in [1.82, 2.24) is 4.90 Å². The molecular weight excluding hydrogens is 498 g/mol. The van der Waals surface area contributed by atoms with Crippen LogP contribution in [0, 0.1) is 5.41 Å². The van der Waals surface area contributed by atoms with Crippen LogP contribution >= 0.6 is 0 Å². The first kappa shape index (κ1) is 29.0. The molecule has 2 aromatic carbocycles. The van der Waals surface area contributed by atoms with Crippen molar-refractivity contribution in [2.75, 3.05) is 26.7 Å². The lowest BCUT2D eigenvalue weighted by atomic mass is 9.64. The maximum absolute atomic E-state index is 14.1. The Balaban J connectivity index is 1.58. The van der Waals surface area contributed by atoms with Crippen molar-refractivity contribution < 1.29 is 19.7 Å². The minimum atomic E-state index is -0.816. The molecule has 2 N–H and O–H groups in total. The van der Waals surface area contributed by atoms with Crippen LogP contribution in [-0.2, 0) is 6.42 Å². The van der Waals surface area contributed by atoms with E-state index in [-0.39, 0.29) is 17.1 Å². The van der Waals surface area contributed by atoms with Gasteiger partial charge in [0, 0.05) is 23.1 Å². The van der Waals surface area contributed by atoms with Crippen LogP contribution in [0.2, 0.25) is 0 Å². The molecule has 0 spiro atoms. The number of aliphatic hydroxyl groups is 2. The molecule has 5 heteroatoms. The summed E-state index contributed by atoms with van der Waals surface area (Å²) in [7, 11) is 1.63. The average molecular weight is 546 g/mol. The molecule has 216 valence electrons. The van der Waals surface area contributed by atoms with Crippen LogP contribution in [0.25, 0.3) is 0 Å². The highest BCUT2D eigenvalue weighted by Crippen LogP contribution is 2.59. The van der Waals surface area contributed by atoms with Gasteiger partial charge in [-0.1, -0.05) is 37.1 Å². The van der Waals surface area contributed by atoms with Crippen LogP contribution in [-0.4, -0.2) is 59.3 Å². The lowest BCUT2D eigenvalue weighted by Crippen LogP contribution is -2.53. The van der Waals surface area contributed by atoms with Crippen LogP contribution in [0.5, 0.6) is 5.75 Å². The first-order valence-corrected chi connectivity index (χ1v) is 15.3. The summed E-state index contributed by atoms with van der Waals surface area (Å²) in [4.78, 5) is 16.6. The van der Waals surface area contributed by atoms with E-state index in [2.05, 4.69) is 37.0 Å². The van der Waals surface area contributed by atoms with Gasteiger partial charge in [-0.3, -0.25) is 4.79 Å². The number of nitrogens with zero attached hydrogens (tertiary/aromatic N) is 1. The first-order chi connectivity index (χ1) is 19.2. The molecule has 1 saturated heterocycles. The number of carbonyl (C=O) groups excluding carboxylic acids is 1. The van der Waals surface area contributed by atoms with E-state index in [1.165, 1.54) is 24.8 Å². The number of carbonyl (C=O) groups is 1. The van der Waals surface area contributed by atoms with Gasteiger partial charge in [-0.05, 0) is 125 Å². The zero-order valence-electron chi connectivity index (χ0n) is 24.6. The number of ketones is 1. The van der Waals surface area contributed by atoms with Crippen LogP contribution < -0.4 is 4.74 Å². The molecule has 0 aromatic heterocycles. The second kappa shape index (κ2) is 12.2. The van der Waals surface area contributed by atoms with Crippen LogP contribution in [0.4, 0.5) is 0 Å². The van der Waals surface area contributed by atoms with E-state index in [0.717, 1.165) is 62.1 Å². The van der Waals surface area contributed by atoms with Gasteiger partial charge in [0.15, 0.2) is 5.78 Å². The lowest BCUT2D eigenvalue weighted by molar-refractivity contribution is -0.0857. The van der Waals surface area contributed by atoms with Crippen LogP contribution in [0.15, 0.2) is 54.1 Å². The van der Waals surface area contributed by atoms with E-state index in [9.17, 15) is 15.0 Å². The number of likely N-dealkylation sites (tertiary alicyclic amines) is 1. The average Bonchev–Trinajstić information content (AvgIpc) is 3.21. The molecule has 1 saturated carbocycles. The van der Waals surface area contributed by atoms with Crippen molar-refractivity contribution in [2.24, 2.45) is 5.41 Å². The summed E-state index contributed by atoms with van der Waals surface area (Å²) < 4.78 is 5.32. The van der Waals surface area contributed by atoms with E-state index in [1.54, 1.807) is 7.11 Å². The maximum Gasteiger partial charge on any atom is 0.193 e. The number of β-amino-alcohol motifs (C(OH)–C–C–N with tert-alkyl or cyclic N) is 1. The highest BCUT2D eigenvalue weighted by molar-refractivity contribution is 6.10. The van der Waals surface area contributed by atoms with Gasteiger partial charge >= 0.3 is 0 Å². The Hall–Kier alpha value is -2.47. The van der Waals surface area contributed by atoms with Crippen molar-refractivity contribution >= 4 is 5.78 Å². The van der Waals surface area contributed by atoms with E-state index < -0.39 is 11.7 Å². The molecule has 1 heterocycles. The van der Waals surface area contributed by atoms with Crippen molar-refractivity contribution in [3.8, 4) is 5.75 Å². The molecule has 0 amide bonds. The van der Waals surface area contributed by atoms with Crippen molar-refractivity contribution in [1.29, 1.82) is 0 Å². The third-order valence-electron chi connectivity index (χ3n) is 10.2. The molecule has 0 radical (unpaired) electrons. The minimum Gasteiger partial charge on any atom is -0.497 e. The summed E-state index contributed by atoms with van der Waals surface area (Å²) in [5.41, 5.74) is 3.46. The summed E-state index contributed by atoms with van der Waals surface area (Å²) in [6, 6.07) is 13.6. The molecule has 0 unspecified atom stereocenters. The SMILES string of the molecule is COc1ccc(C(=O)c2cc3ccc2[C@@H]2CC[C@@](O)(CN4CCCCC4)[C@@]2(C)CCC=C(C)CC[C@H](O)C3)cc1. The molecule has 5 nitrogen and oxygen atoms in total. The number of piperidine rings is 1. The Labute approximate surface area is 240 Å². The summed E-state index contributed by atoms with van der Waals surface area (Å²) in [6.07, 6.45) is 11.0. The highest BCUT2D eigenvalue weighted by Gasteiger charge is 2.57. The molecule has 3 aliphatic carbocycles. The zero-order valence-corrected chi connectivity index (χ0v) is 24.6. The normalized spacial score (nSPS) is 29.9. The van der Waals surface area contributed by atoms with Gasteiger partial charge in [-0.25, -0.2) is 0 Å². The van der Waals surface area contributed by atoms with E-state index >= 15 is 0 Å². The van der Waals surface area contributed by atoms with E-state index in [0.29, 0.717) is 30.5 Å². The Morgan fingerprint density at radius 1 is 1.05 bits per heavy atom. The minimum absolute atomic E-state index is 0.00866. The van der Waals surface area contributed by atoms with Crippen LogP contribution in [0.1, 0.15) is 105 Å². The topological polar surface area (TPSA) is 70.0 Å². The molecule has 2 aromatic rings. The van der Waals surface area contributed by atoms with Gasteiger partial charge in [-0.15, -0.1) is 0 Å². The number of aliphatic hydroxyl groups excluding tert-OH is 1. The molecule has 2 fully saturated rings. The maximum atomic E-state index is 14.1. The van der Waals surface area contributed by atoms with Gasteiger partial charge < -0.3 is 19.8 Å². The highest BCUT2D eigenvalue weighted by atomic mass is 16.5. The van der Waals surface area contributed by atoms with Gasteiger partial charge in [0.1, 0.15) is 5.75 Å². The molecule has 4 atom stereocenters. The Kier molecular flexibility index (Phi) is 8.84. The number of allylic oxidation sites excluding steroid dienone is 2. The monoisotopic (exact) mass is 545 g/mol. The lowest BCUT2D eigenvalue weighted by Gasteiger charge is -2.46. The largest absolute Gasteiger partial charge is 0.497 e. The summed E-state index contributed by atoms with van der Waals surface area (Å²) in [5.74, 6) is 0.776. The molecule has 2 bridgehead atoms. The second-order valence-corrected chi connectivity index (χ2v) is 12.8. The number of hydrogen-bond acceptors (Lipinski definition) is 5. The number of methoxy groups -OCH3 is 1. The fraction of sp³-hybridized carbons (Fsp3) is 0.571. The summed E-state index contributed by atoms with van der Waals surface area (Å²) >= 11 is 0. The Morgan fingerprint density at radius 2 is 1.80 bits per heavy atom. The van der Waals surface area contributed by atoms with Crippen molar-refractivity contribution in [2.45, 2.75) is 95.7 Å². The zero-order chi connectivity index (χ0) is 28.3. The number of benzene rings is 2. The standard InChI is InChI=1S/C35H47NO4/c1-25-8-7-18-34(2)32(17-19-35(34,39)24-36-20-5-4-6-21-36)30-16-10-26(22-28(37)13-9-25)23-31(30)33(38)27-11-14-29(40-3)15-12-27/h8,10-12,14-16,23,28,32,37,39H,4-7,9,13,17-22,24H2,1-3H3/t28-,32-,34-,35+/m0/s1. The summed E-state index contributed by atoms with van der Waals surface area (Å²) in [5, 5.41) is 23.3. The first-order valence-electron chi connectivity index (χ1n) is 15.3. The molecule has 6 rings (SSSR count). The molecular formula is C35H47NO4. The number of ether oxygens (including phenoxy) is 1. The van der Waals surface area contributed by atoms with Crippen LogP contribution in [0.3, 0.4) is 0 Å². The van der Waals surface area contributed by atoms with E-state index in [1.807, 2.05) is 30.3 Å². The fourth-order valence-electron chi connectivity index (χ4n) is 7.58. The Morgan fingerprint density at radius 3 is 2.52 bits per heavy atom.